The van der Waals surface area contributed by atoms with Gasteiger partial charge in [0.05, 0.1) is 12.6 Å². The molecular weight excluding hydrogens is 302 g/mol. The number of hydrogen-bond acceptors (Lipinski definition) is 2. The van der Waals surface area contributed by atoms with Crippen molar-refractivity contribution in [2.75, 3.05) is 5.32 Å². The van der Waals surface area contributed by atoms with E-state index in [1.807, 2.05) is 24.3 Å². The van der Waals surface area contributed by atoms with Gasteiger partial charge in [-0.05, 0) is 53.8 Å². The molecule has 0 bridgehead atoms. The molecule has 0 spiro atoms. The molecule has 98 valence electrons. The van der Waals surface area contributed by atoms with Crippen molar-refractivity contribution >= 4 is 21.6 Å². The first-order valence-corrected chi connectivity index (χ1v) is 7.30. The summed E-state index contributed by atoms with van der Waals surface area (Å²) in [7, 11) is 0. The van der Waals surface area contributed by atoms with Gasteiger partial charge in [0.15, 0.2) is 0 Å². The Labute approximate surface area is 121 Å². The van der Waals surface area contributed by atoms with E-state index in [4.69, 9.17) is 5.11 Å². The molecule has 0 saturated carbocycles. The minimum atomic E-state index is 0.0978. The van der Waals surface area contributed by atoms with Crippen molar-refractivity contribution in [3.05, 3.63) is 63.6 Å². The number of benzene rings is 2. The van der Waals surface area contributed by atoms with Crippen molar-refractivity contribution in [3.63, 3.8) is 0 Å². The number of aliphatic hydroxyl groups excluding tert-OH is 1. The summed E-state index contributed by atoms with van der Waals surface area (Å²) in [6, 6.07) is 14.9. The summed E-state index contributed by atoms with van der Waals surface area (Å²) in [6.45, 7) is 0.0978. The first-order valence-electron chi connectivity index (χ1n) is 6.51. The van der Waals surface area contributed by atoms with Gasteiger partial charge in [-0.25, -0.2) is 0 Å². The summed E-state index contributed by atoms with van der Waals surface area (Å²) in [4.78, 5) is 0. The van der Waals surface area contributed by atoms with Gasteiger partial charge in [-0.2, -0.15) is 0 Å². The van der Waals surface area contributed by atoms with Gasteiger partial charge in [0.2, 0.25) is 0 Å². The molecule has 2 nitrogen and oxygen atoms in total. The SMILES string of the molecule is OCc1ccc(NC2CCc3cc(Br)ccc32)cc1. The Morgan fingerprint density at radius 1 is 1.16 bits per heavy atom. The van der Waals surface area contributed by atoms with Crippen LogP contribution in [0.25, 0.3) is 0 Å². The number of aryl methyl sites for hydroxylation is 1. The number of halogens is 1. The lowest BCUT2D eigenvalue weighted by atomic mass is 10.1. The third-order valence-electron chi connectivity index (χ3n) is 3.66. The highest BCUT2D eigenvalue weighted by Crippen LogP contribution is 2.35. The fourth-order valence-electron chi connectivity index (χ4n) is 2.64. The van der Waals surface area contributed by atoms with Crippen LogP contribution < -0.4 is 5.32 Å². The van der Waals surface area contributed by atoms with E-state index in [0.717, 1.165) is 28.6 Å². The maximum atomic E-state index is 9.04. The Balaban J connectivity index is 1.78. The van der Waals surface area contributed by atoms with E-state index < -0.39 is 0 Å². The Bertz CT molecular complexity index is 580. The minimum absolute atomic E-state index is 0.0978. The number of nitrogens with one attached hydrogen (secondary N) is 1. The van der Waals surface area contributed by atoms with Crippen LogP contribution >= 0.6 is 15.9 Å². The molecule has 0 fully saturated rings. The normalized spacial score (nSPS) is 17.3. The second-order valence-electron chi connectivity index (χ2n) is 4.93. The highest BCUT2D eigenvalue weighted by atomic mass is 79.9. The fraction of sp³-hybridized carbons (Fsp3) is 0.250. The molecule has 3 rings (SSSR count). The third-order valence-corrected chi connectivity index (χ3v) is 4.15. The van der Waals surface area contributed by atoms with E-state index in [1.165, 1.54) is 11.1 Å². The van der Waals surface area contributed by atoms with Gasteiger partial charge in [-0.3, -0.25) is 0 Å². The number of hydrogen-bond donors (Lipinski definition) is 2. The smallest absolute Gasteiger partial charge is 0.0681 e. The largest absolute Gasteiger partial charge is 0.392 e. The highest BCUT2D eigenvalue weighted by Gasteiger charge is 2.22. The Hall–Kier alpha value is -1.32. The maximum Gasteiger partial charge on any atom is 0.0681 e. The van der Waals surface area contributed by atoms with Gasteiger partial charge in [0.25, 0.3) is 0 Å². The van der Waals surface area contributed by atoms with Gasteiger partial charge >= 0.3 is 0 Å². The van der Waals surface area contributed by atoms with Crippen molar-refractivity contribution in [1.82, 2.24) is 0 Å². The zero-order valence-electron chi connectivity index (χ0n) is 10.6. The zero-order valence-corrected chi connectivity index (χ0v) is 12.2. The third kappa shape index (κ3) is 2.67. The molecule has 1 atom stereocenters. The van der Waals surface area contributed by atoms with E-state index in [0.29, 0.717) is 6.04 Å². The van der Waals surface area contributed by atoms with Gasteiger partial charge < -0.3 is 10.4 Å². The molecule has 3 heteroatoms. The summed E-state index contributed by atoms with van der Waals surface area (Å²) in [5.74, 6) is 0. The molecule has 2 aromatic carbocycles. The van der Waals surface area contributed by atoms with Crippen molar-refractivity contribution in [2.24, 2.45) is 0 Å². The van der Waals surface area contributed by atoms with Crippen LogP contribution in [-0.4, -0.2) is 5.11 Å². The predicted molar refractivity (Wildman–Crippen MR) is 81.2 cm³/mol. The lowest BCUT2D eigenvalue weighted by Crippen LogP contribution is -2.06. The van der Waals surface area contributed by atoms with Gasteiger partial charge in [-0.1, -0.05) is 34.1 Å². The second-order valence-corrected chi connectivity index (χ2v) is 5.85. The molecule has 0 aliphatic heterocycles. The molecule has 1 aliphatic carbocycles. The van der Waals surface area contributed by atoms with E-state index in [-0.39, 0.29) is 6.61 Å². The number of fused-ring (bicyclic) bond motifs is 1. The Morgan fingerprint density at radius 2 is 1.95 bits per heavy atom. The molecule has 19 heavy (non-hydrogen) atoms. The number of anilines is 1. The van der Waals surface area contributed by atoms with Gasteiger partial charge in [-0.15, -0.1) is 0 Å². The molecule has 2 N–H and O–H groups in total. The van der Waals surface area contributed by atoms with E-state index >= 15 is 0 Å². The summed E-state index contributed by atoms with van der Waals surface area (Å²) < 4.78 is 1.15. The molecule has 0 radical (unpaired) electrons. The lowest BCUT2D eigenvalue weighted by Gasteiger charge is -2.16. The average molecular weight is 318 g/mol. The first kappa shape index (κ1) is 12.7. The molecule has 0 amide bonds. The van der Waals surface area contributed by atoms with Crippen LogP contribution in [0.5, 0.6) is 0 Å². The fourth-order valence-corrected chi connectivity index (χ4v) is 3.05. The van der Waals surface area contributed by atoms with Crippen LogP contribution in [0, 0.1) is 0 Å². The van der Waals surface area contributed by atoms with Crippen LogP contribution in [0.1, 0.15) is 29.2 Å². The van der Waals surface area contributed by atoms with Crippen LogP contribution in [0.15, 0.2) is 46.9 Å². The van der Waals surface area contributed by atoms with Gasteiger partial charge in [0.1, 0.15) is 0 Å². The Kier molecular flexibility index (Phi) is 3.58. The molecular formula is C16H16BrNO. The van der Waals surface area contributed by atoms with Gasteiger partial charge in [0, 0.05) is 10.2 Å². The standard InChI is InChI=1S/C16H16BrNO/c17-13-4-7-15-12(9-13)3-8-16(15)18-14-5-1-11(10-19)2-6-14/h1-2,4-7,9,16,18-19H,3,8,10H2. The van der Waals surface area contributed by atoms with E-state index in [1.54, 1.807) is 0 Å². The van der Waals surface area contributed by atoms with Crippen molar-refractivity contribution < 1.29 is 5.11 Å². The lowest BCUT2D eigenvalue weighted by molar-refractivity contribution is 0.282. The summed E-state index contributed by atoms with van der Waals surface area (Å²) in [5, 5.41) is 12.6. The minimum Gasteiger partial charge on any atom is -0.392 e. The van der Waals surface area contributed by atoms with Crippen LogP contribution in [-0.2, 0) is 13.0 Å². The second kappa shape index (κ2) is 5.35. The molecule has 1 unspecified atom stereocenters. The number of rotatable bonds is 3. The summed E-state index contributed by atoms with van der Waals surface area (Å²) in [5.41, 5.74) is 4.88. The quantitative estimate of drug-likeness (QED) is 0.895. The van der Waals surface area contributed by atoms with Crippen molar-refractivity contribution in [2.45, 2.75) is 25.5 Å². The van der Waals surface area contributed by atoms with Crippen molar-refractivity contribution in [3.8, 4) is 0 Å². The van der Waals surface area contributed by atoms with E-state index in [9.17, 15) is 0 Å². The number of aliphatic hydroxyl groups is 1. The molecule has 0 saturated heterocycles. The van der Waals surface area contributed by atoms with Crippen LogP contribution in [0.3, 0.4) is 0 Å². The van der Waals surface area contributed by atoms with E-state index in [2.05, 4.69) is 39.4 Å². The van der Waals surface area contributed by atoms with Crippen LogP contribution in [0.4, 0.5) is 5.69 Å². The highest BCUT2D eigenvalue weighted by molar-refractivity contribution is 9.10. The van der Waals surface area contributed by atoms with Crippen LogP contribution in [0.2, 0.25) is 0 Å². The maximum absolute atomic E-state index is 9.04. The zero-order chi connectivity index (χ0) is 13.2. The average Bonchev–Trinajstić information content (AvgIpc) is 2.82. The molecule has 1 aliphatic rings. The first-order chi connectivity index (χ1) is 9.26. The Morgan fingerprint density at radius 3 is 2.68 bits per heavy atom. The monoisotopic (exact) mass is 317 g/mol. The van der Waals surface area contributed by atoms with Crippen molar-refractivity contribution in [1.29, 1.82) is 0 Å². The topological polar surface area (TPSA) is 32.3 Å². The molecule has 0 heterocycles. The predicted octanol–water partition coefficient (Wildman–Crippen LogP) is 4.04. The summed E-state index contributed by atoms with van der Waals surface area (Å²) >= 11 is 3.52. The summed E-state index contributed by atoms with van der Waals surface area (Å²) in [6.07, 6.45) is 2.26. The molecule has 0 aromatic heterocycles. The molecule has 2 aromatic rings.